The Labute approximate surface area is 141 Å². The zero-order valence-electron chi connectivity index (χ0n) is 14.0. The highest BCUT2D eigenvalue weighted by atomic mass is 16.6. The lowest BCUT2D eigenvalue weighted by molar-refractivity contribution is 0.0470. The molecular formula is C19H20O5. The molecule has 0 spiro atoms. The van der Waals surface area contributed by atoms with E-state index in [2.05, 4.69) is 0 Å². The van der Waals surface area contributed by atoms with Gasteiger partial charge >= 0.3 is 5.97 Å². The van der Waals surface area contributed by atoms with Crippen molar-refractivity contribution in [2.45, 2.75) is 20.5 Å². The lowest BCUT2D eigenvalue weighted by atomic mass is 10.1. The number of benzene rings is 2. The van der Waals surface area contributed by atoms with Gasteiger partial charge in [-0.3, -0.25) is 0 Å². The van der Waals surface area contributed by atoms with Crippen molar-refractivity contribution < 1.29 is 23.7 Å². The van der Waals surface area contributed by atoms with E-state index in [1.54, 1.807) is 12.1 Å². The van der Waals surface area contributed by atoms with Gasteiger partial charge in [0.15, 0.2) is 11.5 Å². The van der Waals surface area contributed by atoms with E-state index < -0.39 is 5.97 Å². The van der Waals surface area contributed by atoms with Crippen LogP contribution >= 0.6 is 0 Å². The minimum Gasteiger partial charge on any atom is -0.493 e. The van der Waals surface area contributed by atoms with Crippen molar-refractivity contribution in [3.05, 3.63) is 52.6 Å². The molecule has 1 aliphatic heterocycles. The maximum absolute atomic E-state index is 12.4. The zero-order chi connectivity index (χ0) is 17.1. The second kappa shape index (κ2) is 6.83. The van der Waals surface area contributed by atoms with Crippen LogP contribution in [0.5, 0.6) is 17.2 Å². The summed E-state index contributed by atoms with van der Waals surface area (Å²) in [5.74, 6) is 1.06. The molecule has 0 bridgehead atoms. The van der Waals surface area contributed by atoms with E-state index >= 15 is 0 Å². The van der Waals surface area contributed by atoms with Crippen LogP contribution in [0.3, 0.4) is 0 Å². The molecule has 1 aliphatic rings. The second-order valence-electron chi connectivity index (χ2n) is 5.71. The maximum Gasteiger partial charge on any atom is 0.338 e. The number of hydrogen-bond donors (Lipinski definition) is 0. The summed E-state index contributed by atoms with van der Waals surface area (Å²) in [5.41, 5.74) is 3.59. The number of methoxy groups -OCH3 is 1. The third-order valence-electron chi connectivity index (χ3n) is 3.93. The summed E-state index contributed by atoms with van der Waals surface area (Å²) in [6, 6.07) is 9.31. The van der Waals surface area contributed by atoms with Gasteiger partial charge in [-0.1, -0.05) is 23.8 Å². The van der Waals surface area contributed by atoms with Gasteiger partial charge in [0, 0.05) is 0 Å². The number of esters is 1. The molecule has 1 heterocycles. The largest absolute Gasteiger partial charge is 0.493 e. The lowest BCUT2D eigenvalue weighted by Gasteiger charge is -2.21. The van der Waals surface area contributed by atoms with E-state index in [9.17, 15) is 4.79 Å². The van der Waals surface area contributed by atoms with Crippen molar-refractivity contribution in [3.8, 4) is 17.2 Å². The molecule has 0 aliphatic carbocycles. The summed E-state index contributed by atoms with van der Waals surface area (Å²) < 4.78 is 21.8. The fraction of sp³-hybridized carbons (Fsp3) is 0.316. The minimum absolute atomic E-state index is 0.225. The van der Waals surface area contributed by atoms with Gasteiger partial charge in [0.25, 0.3) is 0 Å². The summed E-state index contributed by atoms with van der Waals surface area (Å²) in [6.45, 7) is 5.13. The van der Waals surface area contributed by atoms with Gasteiger partial charge in [0.2, 0.25) is 5.75 Å². The number of carbonyl (C=O) groups is 1. The Morgan fingerprint density at radius 1 is 1.12 bits per heavy atom. The summed E-state index contributed by atoms with van der Waals surface area (Å²) in [7, 11) is 1.53. The molecule has 0 amide bonds. The van der Waals surface area contributed by atoms with Crippen LogP contribution in [-0.2, 0) is 11.3 Å². The Kier molecular flexibility index (Phi) is 4.60. The average molecular weight is 328 g/mol. The number of aryl methyl sites for hydroxylation is 2. The minimum atomic E-state index is -0.425. The molecule has 0 atom stereocenters. The van der Waals surface area contributed by atoms with Gasteiger partial charge in [0.05, 0.1) is 12.7 Å². The van der Waals surface area contributed by atoms with Crippen molar-refractivity contribution in [3.63, 3.8) is 0 Å². The SMILES string of the molecule is COc1cc(C(=O)OCc2cc(C)ccc2C)cc2c1OCCO2. The Bertz CT molecular complexity index is 749. The Morgan fingerprint density at radius 3 is 2.71 bits per heavy atom. The monoisotopic (exact) mass is 328 g/mol. The highest BCUT2D eigenvalue weighted by Gasteiger charge is 2.21. The van der Waals surface area contributed by atoms with Gasteiger partial charge in [-0.25, -0.2) is 4.79 Å². The summed E-state index contributed by atoms with van der Waals surface area (Å²) in [6.07, 6.45) is 0. The third kappa shape index (κ3) is 3.30. The maximum atomic E-state index is 12.4. The van der Waals surface area contributed by atoms with Gasteiger partial charge in [0.1, 0.15) is 19.8 Å². The number of ether oxygens (including phenoxy) is 4. The summed E-state index contributed by atoms with van der Waals surface area (Å²) in [4.78, 5) is 12.4. The second-order valence-corrected chi connectivity index (χ2v) is 5.71. The first kappa shape index (κ1) is 16.2. The van der Waals surface area contributed by atoms with Crippen molar-refractivity contribution in [1.29, 1.82) is 0 Å². The van der Waals surface area contributed by atoms with Crippen molar-refractivity contribution >= 4 is 5.97 Å². The van der Waals surface area contributed by atoms with E-state index in [0.717, 1.165) is 16.7 Å². The molecule has 2 aromatic carbocycles. The molecular weight excluding hydrogens is 308 g/mol. The van der Waals surface area contributed by atoms with Crippen LogP contribution in [0.4, 0.5) is 0 Å². The molecule has 0 unspecified atom stereocenters. The molecule has 5 heteroatoms. The molecule has 0 saturated heterocycles. The highest BCUT2D eigenvalue weighted by Crippen LogP contribution is 2.40. The molecule has 0 N–H and O–H groups in total. The quantitative estimate of drug-likeness (QED) is 0.805. The topological polar surface area (TPSA) is 54.0 Å². The fourth-order valence-electron chi connectivity index (χ4n) is 2.57. The van der Waals surface area contributed by atoms with Crippen molar-refractivity contribution in [2.75, 3.05) is 20.3 Å². The Hall–Kier alpha value is -2.69. The van der Waals surface area contributed by atoms with E-state index in [0.29, 0.717) is 36.0 Å². The number of rotatable bonds is 4. The van der Waals surface area contributed by atoms with Crippen LogP contribution in [0, 0.1) is 13.8 Å². The molecule has 0 radical (unpaired) electrons. The van der Waals surface area contributed by atoms with Crippen LogP contribution in [0.1, 0.15) is 27.0 Å². The molecule has 0 aromatic heterocycles. The van der Waals surface area contributed by atoms with Gasteiger partial charge in [-0.05, 0) is 37.1 Å². The van der Waals surface area contributed by atoms with Crippen LogP contribution in [0.15, 0.2) is 30.3 Å². The predicted octanol–water partition coefficient (Wildman–Crippen LogP) is 3.44. The molecule has 2 aromatic rings. The molecule has 24 heavy (non-hydrogen) atoms. The van der Waals surface area contributed by atoms with E-state index in [1.165, 1.54) is 7.11 Å². The molecule has 126 valence electrons. The Morgan fingerprint density at radius 2 is 1.92 bits per heavy atom. The van der Waals surface area contributed by atoms with Gasteiger partial charge in [-0.2, -0.15) is 0 Å². The molecule has 0 saturated carbocycles. The van der Waals surface area contributed by atoms with Crippen molar-refractivity contribution in [2.24, 2.45) is 0 Å². The van der Waals surface area contributed by atoms with E-state index in [-0.39, 0.29) is 6.61 Å². The smallest absolute Gasteiger partial charge is 0.338 e. The first-order chi connectivity index (χ1) is 11.6. The van der Waals surface area contributed by atoms with E-state index in [4.69, 9.17) is 18.9 Å². The summed E-state index contributed by atoms with van der Waals surface area (Å²) in [5, 5.41) is 0. The first-order valence-corrected chi connectivity index (χ1v) is 7.79. The fourth-order valence-corrected chi connectivity index (χ4v) is 2.57. The van der Waals surface area contributed by atoms with Crippen LogP contribution in [-0.4, -0.2) is 26.3 Å². The van der Waals surface area contributed by atoms with Crippen LogP contribution in [0.2, 0.25) is 0 Å². The number of hydrogen-bond acceptors (Lipinski definition) is 5. The van der Waals surface area contributed by atoms with Crippen LogP contribution < -0.4 is 14.2 Å². The van der Waals surface area contributed by atoms with Gasteiger partial charge in [-0.15, -0.1) is 0 Å². The van der Waals surface area contributed by atoms with Gasteiger partial charge < -0.3 is 18.9 Å². The standard InChI is InChI=1S/C19H20O5/c1-12-4-5-13(2)15(8-12)11-24-19(20)14-9-16(21-3)18-17(10-14)22-6-7-23-18/h4-5,8-10H,6-7,11H2,1-3H3. The number of carbonyl (C=O) groups excluding carboxylic acids is 1. The lowest BCUT2D eigenvalue weighted by Crippen LogP contribution is -2.17. The average Bonchev–Trinajstić information content (AvgIpc) is 2.61. The summed E-state index contributed by atoms with van der Waals surface area (Å²) >= 11 is 0. The predicted molar refractivity (Wildman–Crippen MR) is 89.0 cm³/mol. The molecule has 5 nitrogen and oxygen atoms in total. The molecule has 0 fully saturated rings. The first-order valence-electron chi connectivity index (χ1n) is 7.79. The zero-order valence-corrected chi connectivity index (χ0v) is 14.0. The van der Waals surface area contributed by atoms with Crippen molar-refractivity contribution in [1.82, 2.24) is 0 Å². The Balaban J connectivity index is 1.79. The molecule has 3 rings (SSSR count). The van der Waals surface area contributed by atoms with E-state index in [1.807, 2.05) is 32.0 Å². The normalized spacial score (nSPS) is 12.6. The number of fused-ring (bicyclic) bond motifs is 1. The van der Waals surface area contributed by atoms with Crippen LogP contribution in [0.25, 0.3) is 0 Å². The highest BCUT2D eigenvalue weighted by molar-refractivity contribution is 5.91. The third-order valence-corrected chi connectivity index (χ3v) is 3.93.